The molecule has 3 heterocycles. The summed E-state index contributed by atoms with van der Waals surface area (Å²) in [4.78, 5) is 31.8. The van der Waals surface area contributed by atoms with Crippen molar-refractivity contribution >= 4 is 21.1 Å². The maximum atomic E-state index is 13.4. The zero-order valence-electron chi connectivity index (χ0n) is 23.3. The molecule has 1 fully saturated rings. The molecule has 1 aliphatic heterocycles. The highest BCUT2D eigenvalue weighted by Gasteiger charge is 2.30. The van der Waals surface area contributed by atoms with E-state index >= 15 is 0 Å². The average molecular weight is 564 g/mol. The third-order valence-electron chi connectivity index (χ3n) is 7.81. The number of sulfonamides is 1. The molecule has 5 rings (SSSR count). The zero-order valence-corrected chi connectivity index (χ0v) is 24.2. The first-order valence-corrected chi connectivity index (χ1v) is 15.5. The number of nitrogens with zero attached hydrogens (tertiary/aromatic N) is 4. The molecular formula is C30H37N5O4S. The van der Waals surface area contributed by atoms with Gasteiger partial charge in [0.25, 0.3) is 5.56 Å². The molecule has 2 aromatic carbocycles. The summed E-state index contributed by atoms with van der Waals surface area (Å²) >= 11 is 0. The largest absolute Gasteiger partial charge is 0.349 e. The van der Waals surface area contributed by atoms with Crippen molar-refractivity contribution in [1.82, 2.24) is 23.3 Å². The van der Waals surface area contributed by atoms with Crippen molar-refractivity contribution in [3.63, 3.8) is 0 Å². The summed E-state index contributed by atoms with van der Waals surface area (Å²) in [6, 6.07) is 19.0. The maximum absolute atomic E-state index is 13.4. The van der Waals surface area contributed by atoms with Crippen LogP contribution in [-0.4, -0.2) is 57.9 Å². The van der Waals surface area contributed by atoms with Gasteiger partial charge < -0.3 is 4.98 Å². The van der Waals surface area contributed by atoms with Crippen molar-refractivity contribution in [2.75, 3.05) is 26.2 Å². The van der Waals surface area contributed by atoms with Crippen molar-refractivity contribution in [3.05, 3.63) is 87.1 Å². The fourth-order valence-electron chi connectivity index (χ4n) is 5.54. The first kappa shape index (κ1) is 28.1. The lowest BCUT2D eigenvalue weighted by atomic mass is 10.1. The van der Waals surface area contributed by atoms with Gasteiger partial charge >= 0.3 is 5.69 Å². The van der Waals surface area contributed by atoms with E-state index in [-0.39, 0.29) is 22.2 Å². The van der Waals surface area contributed by atoms with Gasteiger partial charge in [-0.15, -0.1) is 0 Å². The topological polar surface area (TPSA) is 100 Å². The molecule has 1 saturated heterocycles. The standard InChI is InChI=1S/C30H37N5O4S/c1-4-15-34-27-21-26(31-28(27)29(36)35(16-5-2)30(34)37)24-11-13-25(14-12-24)40(38,39)33-19-17-32(18-20-33)22(3)23-9-7-6-8-10-23/h6-14,21-22,31H,4-5,15-20H2,1-3H3. The number of nitrogens with one attached hydrogen (secondary N) is 1. The third-order valence-corrected chi connectivity index (χ3v) is 9.72. The lowest BCUT2D eigenvalue weighted by Crippen LogP contribution is -2.49. The number of hydrogen-bond acceptors (Lipinski definition) is 5. The van der Waals surface area contributed by atoms with Gasteiger partial charge in [-0.3, -0.25) is 18.8 Å². The predicted molar refractivity (Wildman–Crippen MR) is 158 cm³/mol. The molecule has 0 bridgehead atoms. The normalized spacial score (nSPS) is 16.0. The monoisotopic (exact) mass is 563 g/mol. The van der Waals surface area contributed by atoms with Gasteiger partial charge in [0.2, 0.25) is 10.0 Å². The van der Waals surface area contributed by atoms with Crippen LogP contribution < -0.4 is 11.2 Å². The number of fused-ring (bicyclic) bond motifs is 1. The molecule has 10 heteroatoms. The van der Waals surface area contributed by atoms with E-state index in [0.29, 0.717) is 62.4 Å². The summed E-state index contributed by atoms with van der Waals surface area (Å²) in [5, 5.41) is 0. The Labute approximate surface area is 234 Å². The lowest BCUT2D eigenvalue weighted by molar-refractivity contribution is 0.146. The minimum Gasteiger partial charge on any atom is -0.349 e. The Hall–Kier alpha value is -3.47. The Morgan fingerprint density at radius 3 is 2.10 bits per heavy atom. The van der Waals surface area contributed by atoms with Gasteiger partial charge in [-0.2, -0.15) is 4.31 Å². The van der Waals surface area contributed by atoms with Crippen LogP contribution in [0.15, 0.2) is 75.1 Å². The van der Waals surface area contributed by atoms with Crippen LogP contribution in [0.5, 0.6) is 0 Å². The molecule has 1 atom stereocenters. The molecular weight excluding hydrogens is 526 g/mol. The summed E-state index contributed by atoms with van der Waals surface area (Å²) < 4.78 is 31.4. The summed E-state index contributed by atoms with van der Waals surface area (Å²) in [5.74, 6) is 0. The number of rotatable bonds is 9. The minimum absolute atomic E-state index is 0.224. The van der Waals surface area contributed by atoms with E-state index in [9.17, 15) is 18.0 Å². The summed E-state index contributed by atoms with van der Waals surface area (Å²) in [6.45, 7) is 9.14. The summed E-state index contributed by atoms with van der Waals surface area (Å²) in [6.07, 6.45) is 1.43. The van der Waals surface area contributed by atoms with Crippen molar-refractivity contribution in [2.45, 2.75) is 57.6 Å². The molecule has 40 heavy (non-hydrogen) atoms. The van der Waals surface area contributed by atoms with Gasteiger partial charge in [0.15, 0.2) is 0 Å². The predicted octanol–water partition coefficient (Wildman–Crippen LogP) is 4.05. The molecule has 9 nitrogen and oxygen atoms in total. The van der Waals surface area contributed by atoms with Crippen molar-refractivity contribution in [1.29, 1.82) is 0 Å². The van der Waals surface area contributed by atoms with Crippen LogP contribution in [-0.2, 0) is 23.1 Å². The van der Waals surface area contributed by atoms with Gasteiger partial charge in [-0.05, 0) is 49.1 Å². The van der Waals surface area contributed by atoms with E-state index in [0.717, 1.165) is 12.0 Å². The number of hydrogen-bond donors (Lipinski definition) is 1. The van der Waals surface area contributed by atoms with Gasteiger partial charge in [0, 0.05) is 51.0 Å². The molecule has 1 N–H and O–H groups in total. The van der Waals surface area contributed by atoms with Crippen LogP contribution in [0.25, 0.3) is 22.3 Å². The van der Waals surface area contributed by atoms with E-state index in [1.165, 1.54) is 10.1 Å². The highest BCUT2D eigenvalue weighted by Crippen LogP contribution is 2.27. The Morgan fingerprint density at radius 2 is 1.48 bits per heavy atom. The molecule has 0 radical (unpaired) electrons. The Bertz CT molecular complexity index is 1700. The van der Waals surface area contributed by atoms with Gasteiger partial charge in [-0.1, -0.05) is 56.3 Å². The highest BCUT2D eigenvalue weighted by molar-refractivity contribution is 7.89. The SMILES string of the molecule is CCCn1c(=O)c2[nH]c(-c3ccc(S(=O)(=O)N4CCN(C(C)c5ccccc5)CC4)cc3)cc2n(CCC)c1=O. The lowest BCUT2D eigenvalue weighted by Gasteiger charge is -2.37. The van der Waals surface area contributed by atoms with Crippen LogP contribution in [0.1, 0.15) is 45.2 Å². The van der Waals surface area contributed by atoms with Gasteiger partial charge in [-0.25, -0.2) is 13.2 Å². The fourth-order valence-corrected chi connectivity index (χ4v) is 6.96. The van der Waals surface area contributed by atoms with Gasteiger partial charge in [0.1, 0.15) is 5.52 Å². The highest BCUT2D eigenvalue weighted by atomic mass is 32.2. The van der Waals surface area contributed by atoms with E-state index in [1.807, 2.05) is 32.0 Å². The molecule has 1 aliphatic rings. The molecule has 0 amide bonds. The van der Waals surface area contributed by atoms with E-state index in [2.05, 4.69) is 28.9 Å². The first-order valence-electron chi connectivity index (χ1n) is 14.0. The molecule has 0 saturated carbocycles. The number of piperazine rings is 1. The van der Waals surface area contributed by atoms with Crippen LogP contribution in [0.4, 0.5) is 0 Å². The Kier molecular flexibility index (Phi) is 8.11. The zero-order chi connectivity index (χ0) is 28.4. The Morgan fingerprint density at radius 1 is 0.850 bits per heavy atom. The number of aromatic nitrogens is 3. The number of H-pyrrole nitrogens is 1. The summed E-state index contributed by atoms with van der Waals surface area (Å²) in [5.41, 5.74) is 2.95. The van der Waals surface area contributed by atoms with Crippen LogP contribution in [0.2, 0.25) is 0 Å². The minimum atomic E-state index is -3.64. The second kappa shape index (κ2) is 11.6. The second-order valence-electron chi connectivity index (χ2n) is 10.4. The van der Waals surface area contributed by atoms with E-state index in [1.54, 1.807) is 39.2 Å². The van der Waals surface area contributed by atoms with E-state index < -0.39 is 10.0 Å². The second-order valence-corrected chi connectivity index (χ2v) is 12.3. The first-order chi connectivity index (χ1) is 19.3. The van der Waals surface area contributed by atoms with Crippen molar-refractivity contribution < 1.29 is 8.42 Å². The fraction of sp³-hybridized carbons (Fsp3) is 0.400. The Balaban J connectivity index is 1.37. The smallest absolute Gasteiger partial charge is 0.331 e. The van der Waals surface area contributed by atoms with Crippen molar-refractivity contribution in [3.8, 4) is 11.3 Å². The molecule has 212 valence electrons. The van der Waals surface area contributed by atoms with Gasteiger partial charge in [0.05, 0.1) is 10.4 Å². The molecule has 2 aromatic heterocycles. The summed E-state index contributed by atoms with van der Waals surface area (Å²) in [7, 11) is -3.64. The maximum Gasteiger partial charge on any atom is 0.331 e. The quantitative estimate of drug-likeness (QED) is 0.331. The molecule has 4 aromatic rings. The van der Waals surface area contributed by atoms with Crippen LogP contribution in [0.3, 0.4) is 0 Å². The number of benzene rings is 2. The van der Waals surface area contributed by atoms with E-state index in [4.69, 9.17) is 0 Å². The number of aryl methyl sites for hydroxylation is 1. The van der Waals surface area contributed by atoms with Crippen LogP contribution in [0, 0.1) is 0 Å². The molecule has 0 aliphatic carbocycles. The molecule has 0 spiro atoms. The molecule has 1 unspecified atom stereocenters. The third kappa shape index (κ3) is 5.18. The van der Waals surface area contributed by atoms with Crippen molar-refractivity contribution in [2.24, 2.45) is 0 Å². The van der Waals surface area contributed by atoms with Crippen LogP contribution >= 0.6 is 0 Å². The average Bonchev–Trinajstić information content (AvgIpc) is 3.43. The number of aromatic amines is 1.